The number of thioether (sulfide) groups is 1. The SMILES string of the molecule is COc1ccc(C(C)=NNC(=O)CSc2nnc(-c3ccccc3)n2-c2ccccc2)c(OC)c1. The molecule has 1 amide bonds. The van der Waals surface area contributed by atoms with Gasteiger partial charge >= 0.3 is 0 Å². The molecule has 0 bridgehead atoms. The Hall–Kier alpha value is -4.11. The average Bonchev–Trinajstić information content (AvgIpc) is 3.35. The van der Waals surface area contributed by atoms with Gasteiger partial charge in [-0.25, -0.2) is 5.43 Å². The molecule has 1 heterocycles. The molecule has 9 heteroatoms. The van der Waals surface area contributed by atoms with Gasteiger partial charge in [-0.3, -0.25) is 9.36 Å². The first kappa shape index (κ1) is 24.0. The van der Waals surface area contributed by atoms with Crippen molar-refractivity contribution in [3.8, 4) is 28.6 Å². The highest BCUT2D eigenvalue weighted by molar-refractivity contribution is 7.99. The van der Waals surface area contributed by atoms with Crippen LogP contribution in [0.3, 0.4) is 0 Å². The quantitative estimate of drug-likeness (QED) is 0.211. The third kappa shape index (κ3) is 5.70. The van der Waals surface area contributed by atoms with Crippen LogP contribution in [-0.2, 0) is 4.79 Å². The molecule has 35 heavy (non-hydrogen) atoms. The van der Waals surface area contributed by atoms with Crippen LogP contribution in [0.2, 0.25) is 0 Å². The van der Waals surface area contributed by atoms with Crippen LogP contribution in [0.4, 0.5) is 0 Å². The fourth-order valence-corrected chi connectivity index (χ4v) is 4.16. The number of hydrogen-bond donors (Lipinski definition) is 1. The highest BCUT2D eigenvalue weighted by Gasteiger charge is 2.17. The van der Waals surface area contributed by atoms with Crippen LogP contribution in [0.15, 0.2) is 89.1 Å². The van der Waals surface area contributed by atoms with Gasteiger partial charge in [0.2, 0.25) is 0 Å². The van der Waals surface area contributed by atoms with Crippen molar-refractivity contribution in [1.29, 1.82) is 0 Å². The molecule has 0 saturated heterocycles. The van der Waals surface area contributed by atoms with Crippen LogP contribution >= 0.6 is 11.8 Å². The number of para-hydroxylation sites is 1. The number of ether oxygens (including phenoxy) is 2. The van der Waals surface area contributed by atoms with Gasteiger partial charge in [-0.15, -0.1) is 10.2 Å². The second-order valence-electron chi connectivity index (χ2n) is 7.43. The Morgan fingerprint density at radius 1 is 0.971 bits per heavy atom. The van der Waals surface area contributed by atoms with Crippen LogP contribution < -0.4 is 14.9 Å². The third-order valence-corrected chi connectivity index (χ3v) is 6.09. The van der Waals surface area contributed by atoms with E-state index in [4.69, 9.17) is 9.47 Å². The van der Waals surface area contributed by atoms with E-state index in [1.807, 2.05) is 77.4 Å². The van der Waals surface area contributed by atoms with Crippen molar-refractivity contribution in [1.82, 2.24) is 20.2 Å². The maximum atomic E-state index is 12.6. The number of nitrogens with one attached hydrogen (secondary N) is 1. The summed E-state index contributed by atoms with van der Waals surface area (Å²) in [5.74, 6) is 1.86. The summed E-state index contributed by atoms with van der Waals surface area (Å²) >= 11 is 1.29. The molecule has 0 radical (unpaired) electrons. The van der Waals surface area contributed by atoms with E-state index in [0.29, 0.717) is 28.2 Å². The Labute approximate surface area is 208 Å². The monoisotopic (exact) mass is 487 g/mol. The van der Waals surface area contributed by atoms with E-state index in [2.05, 4.69) is 20.7 Å². The molecule has 0 saturated carbocycles. The Balaban J connectivity index is 1.49. The normalized spacial score (nSPS) is 11.2. The fourth-order valence-electron chi connectivity index (χ4n) is 3.41. The predicted molar refractivity (Wildman–Crippen MR) is 137 cm³/mol. The molecule has 0 fully saturated rings. The summed E-state index contributed by atoms with van der Waals surface area (Å²) in [5, 5.41) is 13.6. The van der Waals surface area contributed by atoms with E-state index in [-0.39, 0.29) is 11.7 Å². The van der Waals surface area contributed by atoms with Crippen molar-refractivity contribution in [3.05, 3.63) is 84.4 Å². The zero-order valence-corrected chi connectivity index (χ0v) is 20.5. The van der Waals surface area contributed by atoms with E-state index in [1.165, 1.54) is 11.8 Å². The lowest BCUT2D eigenvalue weighted by molar-refractivity contribution is -0.118. The zero-order valence-electron chi connectivity index (χ0n) is 19.6. The molecular weight excluding hydrogens is 462 g/mol. The second kappa shape index (κ2) is 11.3. The number of amides is 1. The molecule has 1 N–H and O–H groups in total. The Morgan fingerprint density at radius 2 is 1.69 bits per heavy atom. The topological polar surface area (TPSA) is 90.6 Å². The number of hydrogen-bond acceptors (Lipinski definition) is 7. The van der Waals surface area contributed by atoms with Gasteiger partial charge in [0.15, 0.2) is 11.0 Å². The summed E-state index contributed by atoms with van der Waals surface area (Å²) in [6, 6.07) is 25.1. The van der Waals surface area contributed by atoms with Gasteiger partial charge in [0.25, 0.3) is 5.91 Å². The lowest BCUT2D eigenvalue weighted by Gasteiger charge is -2.11. The summed E-state index contributed by atoms with van der Waals surface area (Å²) in [4.78, 5) is 12.6. The number of benzene rings is 3. The molecule has 4 rings (SSSR count). The molecule has 178 valence electrons. The number of carbonyl (C=O) groups is 1. The lowest BCUT2D eigenvalue weighted by Crippen LogP contribution is -2.21. The number of methoxy groups -OCH3 is 2. The molecular formula is C26H25N5O3S. The van der Waals surface area contributed by atoms with Crippen LogP contribution in [-0.4, -0.2) is 46.4 Å². The Morgan fingerprint density at radius 3 is 2.37 bits per heavy atom. The second-order valence-corrected chi connectivity index (χ2v) is 8.37. The Bertz CT molecular complexity index is 1320. The molecule has 8 nitrogen and oxygen atoms in total. The van der Waals surface area contributed by atoms with Crippen molar-refractivity contribution in [2.45, 2.75) is 12.1 Å². The van der Waals surface area contributed by atoms with Crippen molar-refractivity contribution >= 4 is 23.4 Å². The van der Waals surface area contributed by atoms with Crippen molar-refractivity contribution < 1.29 is 14.3 Å². The van der Waals surface area contributed by atoms with Crippen LogP contribution in [0, 0.1) is 0 Å². The van der Waals surface area contributed by atoms with E-state index in [1.54, 1.807) is 27.2 Å². The van der Waals surface area contributed by atoms with Crippen molar-refractivity contribution in [2.75, 3.05) is 20.0 Å². The first-order chi connectivity index (χ1) is 17.1. The van der Waals surface area contributed by atoms with Gasteiger partial charge < -0.3 is 9.47 Å². The molecule has 0 aliphatic carbocycles. The molecule has 0 aliphatic heterocycles. The number of rotatable bonds is 9. The maximum absolute atomic E-state index is 12.6. The van der Waals surface area contributed by atoms with Gasteiger partial charge in [-0.2, -0.15) is 5.10 Å². The standard InChI is InChI=1S/C26H25N5O3S/c1-18(22-15-14-21(33-2)16-23(22)34-3)27-28-24(32)17-35-26-30-29-25(19-10-6-4-7-11-19)31(26)20-12-8-5-9-13-20/h4-16H,17H2,1-3H3,(H,28,32). The summed E-state index contributed by atoms with van der Waals surface area (Å²) in [7, 11) is 3.17. The molecule has 0 aliphatic rings. The van der Waals surface area contributed by atoms with Crippen LogP contribution in [0.1, 0.15) is 12.5 Å². The van der Waals surface area contributed by atoms with E-state index < -0.39 is 0 Å². The number of aromatic nitrogens is 3. The van der Waals surface area contributed by atoms with Crippen LogP contribution in [0.5, 0.6) is 11.5 Å². The molecule has 3 aromatic carbocycles. The largest absolute Gasteiger partial charge is 0.497 e. The first-order valence-electron chi connectivity index (χ1n) is 10.8. The molecule has 0 atom stereocenters. The molecule has 4 aromatic rings. The summed E-state index contributed by atoms with van der Waals surface area (Å²) in [5.41, 5.74) is 5.84. The molecule has 0 unspecified atom stereocenters. The summed E-state index contributed by atoms with van der Waals surface area (Å²) in [6.45, 7) is 1.80. The predicted octanol–water partition coefficient (Wildman–Crippen LogP) is 4.58. The van der Waals surface area contributed by atoms with Crippen molar-refractivity contribution in [2.24, 2.45) is 5.10 Å². The highest BCUT2D eigenvalue weighted by Crippen LogP contribution is 2.28. The van der Waals surface area contributed by atoms with Gasteiger partial charge in [0, 0.05) is 22.9 Å². The summed E-state index contributed by atoms with van der Waals surface area (Å²) in [6.07, 6.45) is 0. The Kier molecular flexibility index (Phi) is 7.79. The van der Waals surface area contributed by atoms with Crippen molar-refractivity contribution in [3.63, 3.8) is 0 Å². The smallest absolute Gasteiger partial charge is 0.250 e. The van der Waals surface area contributed by atoms with Crippen LogP contribution in [0.25, 0.3) is 17.1 Å². The first-order valence-corrected chi connectivity index (χ1v) is 11.8. The average molecular weight is 488 g/mol. The van der Waals surface area contributed by atoms with Gasteiger partial charge in [0.1, 0.15) is 11.5 Å². The lowest BCUT2D eigenvalue weighted by atomic mass is 10.1. The van der Waals surface area contributed by atoms with Gasteiger partial charge in [-0.1, -0.05) is 60.3 Å². The minimum Gasteiger partial charge on any atom is -0.497 e. The van der Waals surface area contributed by atoms with E-state index in [0.717, 1.165) is 16.8 Å². The van der Waals surface area contributed by atoms with Gasteiger partial charge in [0.05, 0.1) is 25.7 Å². The van der Waals surface area contributed by atoms with E-state index >= 15 is 0 Å². The molecule has 1 aromatic heterocycles. The van der Waals surface area contributed by atoms with Gasteiger partial charge in [-0.05, 0) is 31.2 Å². The fraction of sp³-hybridized carbons (Fsp3) is 0.154. The number of carbonyl (C=O) groups excluding carboxylic acids is 1. The zero-order chi connectivity index (χ0) is 24.6. The number of nitrogens with zero attached hydrogens (tertiary/aromatic N) is 4. The number of hydrazone groups is 1. The minimum atomic E-state index is -0.259. The van der Waals surface area contributed by atoms with E-state index in [9.17, 15) is 4.79 Å². The maximum Gasteiger partial charge on any atom is 0.250 e. The third-order valence-electron chi connectivity index (χ3n) is 5.16. The molecule has 0 spiro atoms. The minimum absolute atomic E-state index is 0.121. The summed E-state index contributed by atoms with van der Waals surface area (Å²) < 4.78 is 12.6. The highest BCUT2D eigenvalue weighted by atomic mass is 32.2.